The van der Waals surface area contributed by atoms with Gasteiger partial charge in [0.1, 0.15) is 13.2 Å². The smallest absolute Gasteiger partial charge is 0.309 e. The lowest BCUT2D eigenvalue weighted by Gasteiger charge is -2.19. The highest BCUT2D eigenvalue weighted by Gasteiger charge is 2.44. The molecule has 0 saturated heterocycles. The number of nitrogens with zero attached hydrogens (tertiary/aromatic N) is 1. The van der Waals surface area contributed by atoms with E-state index in [9.17, 15) is 39.9 Å². The van der Waals surface area contributed by atoms with Crippen molar-refractivity contribution in [2.45, 2.75) is 24.7 Å². The Hall–Kier alpha value is -0.830. The van der Waals surface area contributed by atoms with Crippen LogP contribution in [0.15, 0.2) is 4.76 Å². The summed E-state index contributed by atoms with van der Waals surface area (Å²) in [6.45, 7) is -4.00. The van der Waals surface area contributed by atoms with E-state index in [0.29, 0.717) is 6.08 Å². The van der Waals surface area contributed by atoms with Crippen molar-refractivity contribution in [1.29, 1.82) is 0 Å². The third-order valence-corrected chi connectivity index (χ3v) is 2.44. The summed E-state index contributed by atoms with van der Waals surface area (Å²) in [5, 5.41) is 0. The van der Waals surface area contributed by atoms with Crippen molar-refractivity contribution < 1.29 is 49.0 Å². The molecule has 0 heterocycles. The van der Waals surface area contributed by atoms with Crippen LogP contribution < -0.4 is 0 Å². The van der Waals surface area contributed by atoms with E-state index < -0.39 is 46.4 Å². The van der Waals surface area contributed by atoms with Crippen LogP contribution in [0, 0.1) is 0 Å². The first-order valence-electron chi connectivity index (χ1n) is 4.48. The molecule has 0 unspecified atom stereocenters. The minimum atomic E-state index is -4.65. The Morgan fingerprint density at radius 2 is 1.30 bits per heavy atom. The number of carbonyl (C=O) groups excluding carboxylic acids is 1. The fraction of sp³-hybridized carbons (Fsp3) is 0.857. The van der Waals surface area contributed by atoms with Crippen LogP contribution in [-0.2, 0) is 13.8 Å². The number of isocyanates is 1. The number of hydrogen-bond acceptors (Lipinski definition) is 4. The maximum Gasteiger partial charge on any atom is 0.330 e. The van der Waals surface area contributed by atoms with Gasteiger partial charge in [0.15, 0.2) is 0 Å². The Kier molecular flexibility index (Phi) is 7.50. The topological polar surface area (TPSA) is 47.9 Å². The highest BCUT2D eigenvalue weighted by atomic mass is 31.2. The predicted molar refractivity (Wildman–Crippen MR) is 48.8 cm³/mol. The largest absolute Gasteiger partial charge is 0.330 e. The number of rotatable bonds is 9. The van der Waals surface area contributed by atoms with Gasteiger partial charge in [0.25, 0.3) is 0 Å². The van der Waals surface area contributed by atoms with Gasteiger partial charge in [-0.15, -0.1) is 4.76 Å². The van der Waals surface area contributed by atoms with E-state index in [1.807, 2.05) is 0 Å². The molecule has 0 fully saturated rings. The zero-order valence-electron chi connectivity index (χ0n) is 9.21. The highest BCUT2D eigenvalue weighted by Crippen LogP contribution is 2.43. The monoisotopic (exact) mass is 335 g/mol. The van der Waals surface area contributed by atoms with Crippen LogP contribution in [0.3, 0.4) is 0 Å². The first kappa shape index (κ1) is 19.2. The van der Waals surface area contributed by atoms with E-state index in [1.165, 1.54) is 0 Å². The first-order valence-corrected chi connectivity index (χ1v) is 5.61. The Morgan fingerprint density at radius 1 is 0.950 bits per heavy atom. The van der Waals surface area contributed by atoms with Crippen LogP contribution in [-0.4, -0.2) is 44.0 Å². The van der Waals surface area contributed by atoms with E-state index in [-0.39, 0.29) is 0 Å². The van der Waals surface area contributed by atoms with Crippen molar-refractivity contribution in [2.24, 2.45) is 4.76 Å². The number of hydrogen-bond donors (Lipinski definition) is 0. The van der Waals surface area contributed by atoms with E-state index in [2.05, 4.69) is 13.8 Å². The minimum Gasteiger partial charge on any atom is -0.309 e. The quantitative estimate of drug-likeness (QED) is 0.281. The molecule has 0 aliphatic heterocycles. The molecule has 0 aromatic rings. The van der Waals surface area contributed by atoms with Crippen LogP contribution in [0.1, 0.15) is 0 Å². The van der Waals surface area contributed by atoms with E-state index >= 15 is 0 Å². The molecule has 118 valence electrons. The lowest BCUT2D eigenvalue weighted by Crippen LogP contribution is -2.33. The average Bonchev–Trinajstić information content (AvgIpc) is 2.32. The SMILES string of the molecule is O=C=NP(OCC(F)(F)C(F)F)OCC(F)(F)C(F)F. The van der Waals surface area contributed by atoms with Gasteiger partial charge >= 0.3 is 33.2 Å². The molecule has 0 aromatic carbocycles. The third kappa shape index (κ3) is 6.56. The van der Waals surface area contributed by atoms with Gasteiger partial charge < -0.3 is 9.05 Å². The molecule has 0 atom stereocenters. The molecular weight excluding hydrogens is 329 g/mol. The second kappa shape index (κ2) is 7.82. The predicted octanol–water partition coefficient (Wildman–Crippen LogP) is 3.38. The Balaban J connectivity index is 4.50. The summed E-state index contributed by atoms with van der Waals surface area (Å²) in [5.74, 6) is -9.29. The molecule has 0 bridgehead atoms. The van der Waals surface area contributed by atoms with Crippen LogP contribution in [0.2, 0.25) is 0 Å². The summed E-state index contributed by atoms with van der Waals surface area (Å²) in [6, 6.07) is 0. The van der Waals surface area contributed by atoms with Crippen LogP contribution in [0.25, 0.3) is 0 Å². The molecule has 4 nitrogen and oxygen atoms in total. The normalized spacial score (nSPS) is 13.2. The molecule has 0 aromatic heterocycles. The first-order chi connectivity index (χ1) is 9.03. The lowest BCUT2D eigenvalue weighted by molar-refractivity contribution is -0.156. The summed E-state index contributed by atoms with van der Waals surface area (Å²) < 4.78 is 107. The Labute approximate surface area is 107 Å². The Bertz CT molecular complexity index is 325. The lowest BCUT2D eigenvalue weighted by atomic mass is 10.4. The summed E-state index contributed by atoms with van der Waals surface area (Å²) in [6.07, 6.45) is -7.56. The molecule has 13 heteroatoms. The maximum absolute atomic E-state index is 12.4. The second-order valence-corrected chi connectivity index (χ2v) is 4.29. The van der Waals surface area contributed by atoms with Crippen molar-refractivity contribution in [3.63, 3.8) is 0 Å². The molecule has 0 aliphatic carbocycles. The maximum atomic E-state index is 12.4. The van der Waals surface area contributed by atoms with Gasteiger partial charge in [0, 0.05) is 0 Å². The Morgan fingerprint density at radius 3 is 1.55 bits per heavy atom. The second-order valence-electron chi connectivity index (χ2n) is 3.10. The molecule has 0 N–H and O–H groups in total. The van der Waals surface area contributed by atoms with Gasteiger partial charge in [-0.1, -0.05) is 0 Å². The fourth-order valence-electron chi connectivity index (χ4n) is 0.537. The average molecular weight is 335 g/mol. The van der Waals surface area contributed by atoms with Gasteiger partial charge in [-0.3, -0.25) is 0 Å². The van der Waals surface area contributed by atoms with Gasteiger partial charge in [-0.05, 0) is 0 Å². The van der Waals surface area contributed by atoms with E-state index in [1.54, 1.807) is 0 Å². The molecule has 20 heavy (non-hydrogen) atoms. The van der Waals surface area contributed by atoms with Crippen LogP contribution >= 0.6 is 8.53 Å². The molecule has 0 rings (SSSR count). The highest BCUT2D eigenvalue weighted by molar-refractivity contribution is 7.45. The molecule has 0 amide bonds. The molecular formula is C7H6F8NO3P. The third-order valence-electron chi connectivity index (χ3n) is 1.50. The molecule has 0 aliphatic rings. The summed E-state index contributed by atoms with van der Waals surface area (Å²) in [7, 11) is -3.16. The zero-order chi connectivity index (χ0) is 16.0. The van der Waals surface area contributed by atoms with Crippen LogP contribution in [0.4, 0.5) is 35.1 Å². The number of alkyl halides is 8. The fourth-order valence-corrected chi connectivity index (χ4v) is 1.36. The van der Waals surface area contributed by atoms with Gasteiger partial charge in [0.05, 0.1) is 0 Å². The van der Waals surface area contributed by atoms with E-state index in [0.717, 1.165) is 0 Å². The van der Waals surface area contributed by atoms with Gasteiger partial charge in [-0.2, -0.15) is 17.6 Å². The summed E-state index contributed by atoms with van der Waals surface area (Å²) in [4.78, 5) is 9.83. The summed E-state index contributed by atoms with van der Waals surface area (Å²) in [5.41, 5.74) is 0. The summed E-state index contributed by atoms with van der Waals surface area (Å²) >= 11 is 0. The zero-order valence-corrected chi connectivity index (χ0v) is 10.1. The van der Waals surface area contributed by atoms with Crippen molar-refractivity contribution in [1.82, 2.24) is 0 Å². The van der Waals surface area contributed by atoms with E-state index in [4.69, 9.17) is 0 Å². The van der Waals surface area contributed by atoms with Gasteiger partial charge in [-0.25, -0.2) is 22.4 Å². The minimum absolute atomic E-state index is 0.688. The molecule has 0 spiro atoms. The van der Waals surface area contributed by atoms with Crippen molar-refractivity contribution in [2.75, 3.05) is 13.2 Å². The van der Waals surface area contributed by atoms with Crippen LogP contribution in [0.5, 0.6) is 0 Å². The van der Waals surface area contributed by atoms with Gasteiger partial charge in [0.2, 0.25) is 6.08 Å². The van der Waals surface area contributed by atoms with Crippen molar-refractivity contribution in [3.05, 3.63) is 0 Å². The van der Waals surface area contributed by atoms with Crippen molar-refractivity contribution in [3.8, 4) is 0 Å². The number of halogens is 8. The molecule has 0 saturated carbocycles. The standard InChI is InChI=1S/C7H6F8NO3P/c8-4(9)6(12,13)1-18-20(16-3-17)19-2-7(14,15)5(10)11/h4-5H,1-2H2. The van der Waals surface area contributed by atoms with Crippen molar-refractivity contribution >= 4 is 14.6 Å². The molecule has 0 radical (unpaired) electrons.